The zero-order valence-electron chi connectivity index (χ0n) is 12.9. The largest absolute Gasteiger partial charge is 0.310 e. The number of amides is 1. The quantitative estimate of drug-likeness (QED) is 0.679. The molecular weight excluding hydrogens is 342 g/mol. The zero-order chi connectivity index (χ0) is 17.6. The number of anilines is 1. The minimum absolute atomic E-state index is 0.235. The van der Waals surface area contributed by atoms with Crippen LogP contribution in [-0.4, -0.2) is 31.3 Å². The molecule has 0 radical (unpaired) electrons. The van der Waals surface area contributed by atoms with E-state index >= 15 is 0 Å². The number of nitriles is 1. The van der Waals surface area contributed by atoms with Gasteiger partial charge in [0.15, 0.2) is 0 Å². The number of aryl methyl sites for hydroxylation is 1. The molecule has 0 saturated heterocycles. The van der Waals surface area contributed by atoms with E-state index in [0.717, 1.165) is 5.56 Å². The van der Waals surface area contributed by atoms with Crippen molar-refractivity contribution < 1.29 is 4.79 Å². The molecule has 2 N–H and O–H groups in total. The second-order valence-electron chi connectivity index (χ2n) is 5.10. The molecular formula is C16H12ClN7O. The summed E-state index contributed by atoms with van der Waals surface area (Å²) in [5.74, 6) is 0.0167. The zero-order valence-corrected chi connectivity index (χ0v) is 13.7. The maximum Gasteiger partial charge on any atom is 0.225 e. The van der Waals surface area contributed by atoms with Gasteiger partial charge < -0.3 is 5.32 Å². The number of carbonyl (C=O) groups excluding carboxylic acids is 1. The molecule has 1 amide bonds. The topological polar surface area (TPSA) is 120 Å². The summed E-state index contributed by atoms with van der Waals surface area (Å²) in [6.45, 7) is 0. The second-order valence-corrected chi connectivity index (χ2v) is 5.49. The molecule has 3 aromatic rings. The number of rotatable bonds is 5. The fourth-order valence-corrected chi connectivity index (χ4v) is 2.31. The van der Waals surface area contributed by atoms with E-state index in [1.807, 2.05) is 12.1 Å². The highest BCUT2D eigenvalue weighted by Gasteiger charge is 2.16. The van der Waals surface area contributed by atoms with Gasteiger partial charge >= 0.3 is 0 Å². The van der Waals surface area contributed by atoms with Gasteiger partial charge in [0.05, 0.1) is 12.4 Å². The molecule has 0 aromatic carbocycles. The molecule has 0 fully saturated rings. The normalized spacial score (nSPS) is 10.2. The Morgan fingerprint density at radius 2 is 2.16 bits per heavy atom. The maximum absolute atomic E-state index is 12.1. The van der Waals surface area contributed by atoms with Gasteiger partial charge in [-0.1, -0.05) is 17.7 Å². The molecule has 3 rings (SSSR count). The highest BCUT2D eigenvalue weighted by molar-refractivity contribution is 6.29. The van der Waals surface area contributed by atoms with Crippen LogP contribution < -0.4 is 5.32 Å². The first-order chi connectivity index (χ1) is 12.2. The van der Waals surface area contributed by atoms with Crippen LogP contribution in [0.4, 0.5) is 5.82 Å². The third kappa shape index (κ3) is 3.97. The van der Waals surface area contributed by atoms with Crippen LogP contribution in [0.1, 0.15) is 17.5 Å². The van der Waals surface area contributed by atoms with Gasteiger partial charge in [-0.3, -0.25) is 9.89 Å². The first kappa shape index (κ1) is 16.5. The lowest BCUT2D eigenvalue weighted by Gasteiger charge is -2.04. The molecule has 124 valence electrons. The smallest absolute Gasteiger partial charge is 0.225 e. The van der Waals surface area contributed by atoms with Crippen LogP contribution in [0.25, 0.3) is 11.3 Å². The summed E-state index contributed by atoms with van der Waals surface area (Å²) < 4.78 is 0. The summed E-state index contributed by atoms with van der Waals surface area (Å²) in [4.78, 5) is 16.1. The molecule has 0 saturated carbocycles. The lowest BCUT2D eigenvalue weighted by molar-refractivity contribution is -0.116. The highest BCUT2D eigenvalue weighted by atomic mass is 35.5. The minimum Gasteiger partial charge on any atom is -0.310 e. The van der Waals surface area contributed by atoms with Crippen LogP contribution in [0.5, 0.6) is 0 Å². The average Bonchev–Trinajstić information content (AvgIpc) is 3.04. The van der Waals surface area contributed by atoms with Crippen molar-refractivity contribution in [2.45, 2.75) is 12.8 Å². The predicted molar refractivity (Wildman–Crippen MR) is 90.5 cm³/mol. The number of pyridine rings is 1. The Bertz CT molecular complexity index is 916. The summed E-state index contributed by atoms with van der Waals surface area (Å²) in [5, 5.41) is 26.7. The van der Waals surface area contributed by atoms with Gasteiger partial charge in [-0.25, -0.2) is 4.98 Å². The maximum atomic E-state index is 12.1. The number of carbonyl (C=O) groups is 1. The van der Waals surface area contributed by atoms with Crippen LogP contribution in [0.15, 0.2) is 36.8 Å². The molecule has 3 aromatic heterocycles. The number of H-pyrrole nitrogens is 1. The van der Waals surface area contributed by atoms with Gasteiger partial charge in [0.1, 0.15) is 28.3 Å². The molecule has 0 atom stereocenters. The van der Waals surface area contributed by atoms with E-state index in [-0.39, 0.29) is 23.7 Å². The Balaban J connectivity index is 1.68. The van der Waals surface area contributed by atoms with Crippen molar-refractivity contribution in [3.63, 3.8) is 0 Å². The van der Waals surface area contributed by atoms with Crippen LogP contribution in [0.3, 0.4) is 0 Å². The molecule has 0 bridgehead atoms. The highest BCUT2D eigenvalue weighted by Crippen LogP contribution is 2.25. The van der Waals surface area contributed by atoms with E-state index in [0.29, 0.717) is 22.8 Å². The fraction of sp³-hybridized carbons (Fsp3) is 0.125. The lowest BCUT2D eigenvalue weighted by atomic mass is 10.1. The van der Waals surface area contributed by atoms with Crippen molar-refractivity contribution in [2.75, 3.05) is 5.32 Å². The van der Waals surface area contributed by atoms with Crippen LogP contribution in [0.2, 0.25) is 5.15 Å². The van der Waals surface area contributed by atoms with Crippen molar-refractivity contribution >= 4 is 23.3 Å². The summed E-state index contributed by atoms with van der Waals surface area (Å²) in [5.41, 5.74) is 2.19. The van der Waals surface area contributed by atoms with Crippen LogP contribution >= 0.6 is 11.6 Å². The molecule has 0 aliphatic heterocycles. The minimum atomic E-state index is -0.241. The van der Waals surface area contributed by atoms with Crippen LogP contribution in [0, 0.1) is 11.3 Å². The van der Waals surface area contributed by atoms with E-state index in [4.69, 9.17) is 11.6 Å². The third-order valence-electron chi connectivity index (χ3n) is 3.43. The number of nitrogens with zero attached hydrogens (tertiary/aromatic N) is 5. The van der Waals surface area contributed by atoms with Crippen molar-refractivity contribution in [2.24, 2.45) is 0 Å². The number of hydrogen-bond acceptors (Lipinski definition) is 6. The third-order valence-corrected chi connectivity index (χ3v) is 3.65. The number of nitrogens with one attached hydrogen (secondary N) is 2. The van der Waals surface area contributed by atoms with Crippen molar-refractivity contribution in [3.8, 4) is 17.3 Å². The fourth-order valence-electron chi connectivity index (χ4n) is 2.20. The van der Waals surface area contributed by atoms with Crippen molar-refractivity contribution in [1.82, 2.24) is 25.4 Å². The Hall–Kier alpha value is -3.31. The van der Waals surface area contributed by atoms with Gasteiger partial charge in [0, 0.05) is 18.2 Å². The number of hydrogen-bond donors (Lipinski definition) is 2. The standard InChI is InChI=1S/C16H12ClN7O/c17-13-3-1-10(8-19-13)2-4-14(25)22-16-12(7-18)15(23-24-16)11-5-6-20-21-9-11/h1,3,5-6,8-9H,2,4H2,(H2,22,23,24,25). The van der Waals surface area contributed by atoms with E-state index in [1.165, 1.54) is 12.4 Å². The average molecular weight is 354 g/mol. The monoisotopic (exact) mass is 353 g/mol. The Morgan fingerprint density at radius 1 is 1.28 bits per heavy atom. The van der Waals surface area contributed by atoms with Gasteiger partial charge in [-0.15, -0.1) is 0 Å². The van der Waals surface area contributed by atoms with E-state index in [9.17, 15) is 10.1 Å². The molecule has 0 aliphatic carbocycles. The lowest BCUT2D eigenvalue weighted by Crippen LogP contribution is -2.13. The van der Waals surface area contributed by atoms with Gasteiger partial charge in [0.25, 0.3) is 0 Å². The first-order valence-electron chi connectivity index (χ1n) is 7.33. The van der Waals surface area contributed by atoms with Crippen molar-refractivity contribution in [1.29, 1.82) is 5.26 Å². The molecule has 3 heterocycles. The SMILES string of the molecule is N#Cc1c(-c2ccnnc2)n[nH]c1NC(=O)CCc1ccc(Cl)nc1. The van der Waals surface area contributed by atoms with Gasteiger partial charge in [0.2, 0.25) is 5.91 Å². The Kier molecular flexibility index (Phi) is 4.97. The van der Waals surface area contributed by atoms with Crippen LogP contribution in [-0.2, 0) is 11.2 Å². The number of aromatic amines is 1. The molecule has 8 nitrogen and oxygen atoms in total. The molecule has 0 unspecified atom stereocenters. The summed E-state index contributed by atoms with van der Waals surface area (Å²) >= 11 is 5.73. The molecule has 0 aliphatic rings. The molecule has 9 heteroatoms. The second kappa shape index (κ2) is 7.51. The van der Waals surface area contributed by atoms with E-state index in [1.54, 1.807) is 18.3 Å². The number of halogens is 1. The van der Waals surface area contributed by atoms with E-state index < -0.39 is 0 Å². The summed E-state index contributed by atoms with van der Waals surface area (Å²) in [6.07, 6.45) is 5.37. The first-order valence-corrected chi connectivity index (χ1v) is 7.71. The predicted octanol–water partition coefficient (Wildman–Crippen LogP) is 2.36. The molecule has 25 heavy (non-hydrogen) atoms. The van der Waals surface area contributed by atoms with Gasteiger partial charge in [-0.05, 0) is 24.1 Å². The summed E-state index contributed by atoms with van der Waals surface area (Å²) in [7, 11) is 0. The van der Waals surface area contributed by atoms with E-state index in [2.05, 4.69) is 30.7 Å². The van der Waals surface area contributed by atoms with Gasteiger partial charge in [-0.2, -0.15) is 20.6 Å². The van der Waals surface area contributed by atoms with Crippen molar-refractivity contribution in [3.05, 3.63) is 53.1 Å². The number of aromatic nitrogens is 5. The Labute approximate surface area is 147 Å². The summed E-state index contributed by atoms with van der Waals surface area (Å²) in [6, 6.07) is 7.22. The Morgan fingerprint density at radius 3 is 2.84 bits per heavy atom. The molecule has 0 spiro atoms.